The van der Waals surface area contributed by atoms with Crippen LogP contribution < -0.4 is 10.7 Å². The molecule has 5 nitrogen and oxygen atoms in total. The second-order valence-corrected chi connectivity index (χ2v) is 9.29. The van der Waals surface area contributed by atoms with Crippen molar-refractivity contribution in [3.63, 3.8) is 0 Å². The van der Waals surface area contributed by atoms with Crippen LogP contribution in [0.1, 0.15) is 57.1 Å². The molecule has 1 aliphatic carbocycles. The van der Waals surface area contributed by atoms with E-state index in [0.717, 1.165) is 49.4 Å². The number of nitrogens with zero attached hydrogens (tertiary/aromatic N) is 3. The van der Waals surface area contributed by atoms with Crippen LogP contribution in [0.4, 0.5) is 5.69 Å². The molecule has 1 atom stereocenters. The van der Waals surface area contributed by atoms with E-state index in [-0.39, 0.29) is 6.10 Å². The van der Waals surface area contributed by atoms with E-state index >= 15 is 0 Å². The first-order valence-corrected chi connectivity index (χ1v) is 10.8. The first-order chi connectivity index (χ1) is 14.0. The number of ether oxygens (including phenoxy) is 1. The minimum absolute atomic E-state index is 0.217. The minimum atomic E-state index is 0.217. The van der Waals surface area contributed by atoms with Gasteiger partial charge in [-0.2, -0.15) is 5.10 Å². The number of anilines is 1. The summed E-state index contributed by atoms with van der Waals surface area (Å²) in [5, 5.41) is 4.06. The number of hydrogen-bond acceptors (Lipinski definition) is 5. The van der Waals surface area contributed by atoms with Gasteiger partial charge in [0.15, 0.2) is 0 Å². The molecule has 1 aromatic rings. The molecule has 1 unspecified atom stereocenters. The number of rotatable bonds is 5. The van der Waals surface area contributed by atoms with Crippen LogP contribution in [-0.2, 0) is 4.74 Å². The molecule has 29 heavy (non-hydrogen) atoms. The summed E-state index contributed by atoms with van der Waals surface area (Å²) >= 11 is 0. The maximum absolute atomic E-state index is 5.77. The molecule has 0 bridgehead atoms. The molecule has 2 saturated heterocycles. The van der Waals surface area contributed by atoms with E-state index in [1.54, 1.807) is 6.21 Å². The number of aliphatic imine (C=N–C) groups is 1. The fourth-order valence-electron chi connectivity index (χ4n) is 4.04. The van der Waals surface area contributed by atoms with Crippen molar-refractivity contribution in [1.82, 2.24) is 0 Å². The molecule has 4 rings (SSSR count). The van der Waals surface area contributed by atoms with Crippen LogP contribution in [0, 0.1) is 23.2 Å². The summed E-state index contributed by atoms with van der Waals surface area (Å²) in [5.41, 5.74) is 4.27. The Kier molecular flexibility index (Phi) is 5.91. The fraction of sp³-hybridized carbons (Fsp3) is 0.583. The zero-order chi connectivity index (χ0) is 20.3. The maximum atomic E-state index is 5.77. The Hall–Kier alpha value is -2.32. The molecule has 154 valence electrons. The van der Waals surface area contributed by atoms with Gasteiger partial charge in [-0.25, -0.2) is 0 Å². The van der Waals surface area contributed by atoms with E-state index in [2.05, 4.69) is 58.9 Å². The second kappa shape index (κ2) is 8.59. The maximum Gasteiger partial charge on any atom is 0.110 e. The Morgan fingerprint density at radius 2 is 2.10 bits per heavy atom. The SMILES string of the molecule is CC1(C)CN(c2cc(C#CC3CC3)ccc2/C(C=NCC2CCCCO2)=N/N)C1. The van der Waals surface area contributed by atoms with Gasteiger partial charge in [-0.05, 0) is 55.7 Å². The van der Waals surface area contributed by atoms with E-state index in [1.807, 2.05) is 0 Å². The predicted octanol–water partition coefficient (Wildman–Crippen LogP) is 3.60. The minimum Gasteiger partial charge on any atom is -0.376 e. The Bertz CT molecular complexity index is 843. The molecule has 1 aromatic carbocycles. The molecule has 0 spiro atoms. The molecule has 2 heterocycles. The summed E-state index contributed by atoms with van der Waals surface area (Å²) in [4.78, 5) is 6.99. The largest absolute Gasteiger partial charge is 0.376 e. The summed E-state index contributed by atoms with van der Waals surface area (Å²) in [7, 11) is 0. The smallest absolute Gasteiger partial charge is 0.110 e. The van der Waals surface area contributed by atoms with Crippen molar-refractivity contribution < 1.29 is 4.74 Å². The molecule has 0 radical (unpaired) electrons. The molecule has 3 fully saturated rings. The molecule has 0 aromatic heterocycles. The highest BCUT2D eigenvalue weighted by Gasteiger charge is 2.35. The van der Waals surface area contributed by atoms with Crippen molar-refractivity contribution in [2.24, 2.45) is 27.3 Å². The molecular weight excluding hydrogens is 360 g/mol. The lowest BCUT2D eigenvalue weighted by molar-refractivity contribution is 0.0226. The van der Waals surface area contributed by atoms with E-state index in [4.69, 9.17) is 10.6 Å². The topological polar surface area (TPSA) is 63.2 Å². The Balaban J connectivity index is 1.54. The quantitative estimate of drug-likeness (QED) is 0.360. The lowest BCUT2D eigenvalue weighted by atomic mass is 9.83. The van der Waals surface area contributed by atoms with Gasteiger partial charge in [0.05, 0.1) is 12.6 Å². The summed E-state index contributed by atoms with van der Waals surface area (Å²) in [6, 6.07) is 6.35. The van der Waals surface area contributed by atoms with Crippen LogP contribution in [0.15, 0.2) is 28.3 Å². The van der Waals surface area contributed by atoms with Crippen molar-refractivity contribution in [1.29, 1.82) is 0 Å². The average Bonchev–Trinajstić information content (AvgIpc) is 3.53. The first kappa shape index (κ1) is 20.0. The third-order valence-corrected chi connectivity index (χ3v) is 5.79. The third-order valence-electron chi connectivity index (χ3n) is 5.79. The molecule has 5 heteroatoms. The molecule has 1 saturated carbocycles. The predicted molar refractivity (Wildman–Crippen MR) is 120 cm³/mol. The van der Waals surface area contributed by atoms with Crippen molar-refractivity contribution in [2.45, 2.75) is 52.1 Å². The number of hydrogen-bond donors (Lipinski definition) is 1. The molecule has 0 amide bonds. The van der Waals surface area contributed by atoms with Gasteiger partial charge in [0.1, 0.15) is 5.71 Å². The molecule has 2 N–H and O–H groups in total. The summed E-state index contributed by atoms with van der Waals surface area (Å²) in [6.07, 6.45) is 7.95. The highest BCUT2D eigenvalue weighted by Crippen LogP contribution is 2.36. The van der Waals surface area contributed by atoms with Gasteiger partial charge < -0.3 is 15.5 Å². The summed E-state index contributed by atoms with van der Waals surface area (Å²) < 4.78 is 5.77. The van der Waals surface area contributed by atoms with Crippen LogP contribution in [0.5, 0.6) is 0 Å². The Morgan fingerprint density at radius 1 is 1.28 bits per heavy atom. The van der Waals surface area contributed by atoms with Gasteiger partial charge in [-0.15, -0.1) is 0 Å². The van der Waals surface area contributed by atoms with Gasteiger partial charge in [0.25, 0.3) is 0 Å². The van der Waals surface area contributed by atoms with Crippen molar-refractivity contribution in [3.8, 4) is 11.8 Å². The Morgan fingerprint density at radius 3 is 2.76 bits per heavy atom. The van der Waals surface area contributed by atoms with Gasteiger partial charge in [0, 0.05) is 48.6 Å². The zero-order valence-corrected chi connectivity index (χ0v) is 17.7. The first-order valence-electron chi connectivity index (χ1n) is 10.8. The van der Waals surface area contributed by atoms with Crippen LogP contribution in [0.25, 0.3) is 0 Å². The number of nitrogens with two attached hydrogens (primary N) is 1. The normalized spacial score (nSPS) is 24.1. The molecular formula is C24H32N4O. The summed E-state index contributed by atoms with van der Waals surface area (Å²) in [5.74, 6) is 13.1. The van der Waals surface area contributed by atoms with Gasteiger partial charge in [0.2, 0.25) is 0 Å². The van der Waals surface area contributed by atoms with Crippen LogP contribution in [-0.4, -0.2) is 44.3 Å². The van der Waals surface area contributed by atoms with Gasteiger partial charge in [-0.1, -0.05) is 25.7 Å². The van der Waals surface area contributed by atoms with Gasteiger partial charge >= 0.3 is 0 Å². The van der Waals surface area contributed by atoms with E-state index in [1.165, 1.54) is 19.3 Å². The monoisotopic (exact) mass is 392 g/mol. The number of hydrazone groups is 1. The lowest BCUT2D eigenvalue weighted by Crippen LogP contribution is -2.53. The lowest BCUT2D eigenvalue weighted by Gasteiger charge is -2.48. The van der Waals surface area contributed by atoms with E-state index in [0.29, 0.717) is 23.6 Å². The molecule has 3 aliphatic rings. The highest BCUT2D eigenvalue weighted by molar-refractivity contribution is 6.39. The highest BCUT2D eigenvalue weighted by atomic mass is 16.5. The van der Waals surface area contributed by atoms with Crippen molar-refractivity contribution in [2.75, 3.05) is 31.1 Å². The molecule has 2 aliphatic heterocycles. The van der Waals surface area contributed by atoms with Gasteiger partial charge in [-0.3, -0.25) is 4.99 Å². The van der Waals surface area contributed by atoms with Crippen molar-refractivity contribution >= 4 is 17.6 Å². The fourth-order valence-corrected chi connectivity index (χ4v) is 4.04. The van der Waals surface area contributed by atoms with E-state index < -0.39 is 0 Å². The second-order valence-electron chi connectivity index (χ2n) is 9.29. The van der Waals surface area contributed by atoms with Crippen LogP contribution >= 0.6 is 0 Å². The van der Waals surface area contributed by atoms with Crippen molar-refractivity contribution in [3.05, 3.63) is 29.3 Å². The average molecular weight is 393 g/mol. The Labute approximate surface area is 174 Å². The van der Waals surface area contributed by atoms with E-state index in [9.17, 15) is 0 Å². The zero-order valence-electron chi connectivity index (χ0n) is 17.7. The van der Waals surface area contributed by atoms with Crippen LogP contribution in [0.2, 0.25) is 0 Å². The number of benzene rings is 1. The third kappa shape index (κ3) is 5.19. The summed E-state index contributed by atoms with van der Waals surface area (Å²) in [6.45, 7) is 8.13. The van der Waals surface area contributed by atoms with Crippen LogP contribution in [0.3, 0.4) is 0 Å². The standard InChI is InChI=1S/C24H32N4O/c1-24(2)16-28(17-24)23-13-19(9-8-18-6-7-18)10-11-21(23)22(27-25)15-26-14-20-5-3-4-12-29-20/h10-11,13,15,18,20H,3-7,12,14,16-17,25H2,1-2H3/b26-15?,27-22+.